The van der Waals surface area contributed by atoms with E-state index in [1.165, 1.54) is 11.1 Å². The monoisotopic (exact) mass is 380 g/mol. The standard InChI is InChI=1S/C23H28N2O3/c1-23(2,3)17-8-6-15(7-9-17)19-13-20(19)22(26)25-24-14-16-12-18(27-4)10-11-21(16)28-5/h6-12,14,19-20H,13H2,1-5H3,(H,25,26)/b24-14-/t19-,20+/m0/s1. The number of rotatable bonds is 6. The number of carbonyl (C=O) groups is 1. The number of benzene rings is 2. The topological polar surface area (TPSA) is 59.9 Å². The highest BCUT2D eigenvalue weighted by Gasteiger charge is 2.44. The van der Waals surface area contributed by atoms with Gasteiger partial charge in [0.05, 0.1) is 20.4 Å². The summed E-state index contributed by atoms with van der Waals surface area (Å²) in [4.78, 5) is 12.4. The second-order valence-corrected chi connectivity index (χ2v) is 8.16. The van der Waals surface area contributed by atoms with Crippen molar-refractivity contribution >= 4 is 12.1 Å². The lowest BCUT2D eigenvalue weighted by atomic mass is 9.86. The molecular formula is C23H28N2O3. The first-order valence-electron chi connectivity index (χ1n) is 9.49. The molecule has 28 heavy (non-hydrogen) atoms. The van der Waals surface area contributed by atoms with Crippen molar-refractivity contribution < 1.29 is 14.3 Å². The van der Waals surface area contributed by atoms with Crippen molar-refractivity contribution in [3.8, 4) is 11.5 Å². The molecule has 0 saturated heterocycles. The third kappa shape index (κ3) is 4.53. The molecule has 0 aliphatic heterocycles. The van der Waals surface area contributed by atoms with Gasteiger partial charge in [-0.3, -0.25) is 4.79 Å². The molecule has 0 bridgehead atoms. The van der Waals surface area contributed by atoms with E-state index in [4.69, 9.17) is 9.47 Å². The molecular weight excluding hydrogens is 352 g/mol. The summed E-state index contributed by atoms with van der Waals surface area (Å²) in [6.07, 6.45) is 2.44. The van der Waals surface area contributed by atoms with Gasteiger partial charge in [-0.15, -0.1) is 0 Å². The Morgan fingerprint density at radius 1 is 1.11 bits per heavy atom. The molecule has 1 aliphatic rings. The number of methoxy groups -OCH3 is 2. The van der Waals surface area contributed by atoms with E-state index in [0.717, 1.165) is 12.0 Å². The van der Waals surface area contributed by atoms with Crippen molar-refractivity contribution in [1.82, 2.24) is 5.43 Å². The smallest absolute Gasteiger partial charge is 0.243 e. The van der Waals surface area contributed by atoms with E-state index < -0.39 is 0 Å². The Hall–Kier alpha value is -2.82. The minimum Gasteiger partial charge on any atom is -0.497 e. The van der Waals surface area contributed by atoms with Gasteiger partial charge in [-0.25, -0.2) is 5.43 Å². The maximum atomic E-state index is 12.4. The first-order valence-corrected chi connectivity index (χ1v) is 9.49. The molecule has 0 radical (unpaired) electrons. The minimum atomic E-state index is -0.0528. The van der Waals surface area contributed by atoms with Gasteiger partial charge in [-0.1, -0.05) is 45.0 Å². The molecule has 148 valence electrons. The molecule has 1 fully saturated rings. The van der Waals surface area contributed by atoms with Crippen molar-refractivity contribution in [1.29, 1.82) is 0 Å². The van der Waals surface area contributed by atoms with Gasteiger partial charge in [-0.2, -0.15) is 5.10 Å². The lowest BCUT2D eigenvalue weighted by Gasteiger charge is -2.19. The Balaban J connectivity index is 1.59. The summed E-state index contributed by atoms with van der Waals surface area (Å²) in [7, 11) is 3.20. The van der Waals surface area contributed by atoms with Crippen LogP contribution in [0.15, 0.2) is 47.6 Å². The summed E-state index contributed by atoms with van der Waals surface area (Å²) >= 11 is 0. The molecule has 1 aliphatic carbocycles. The zero-order valence-electron chi connectivity index (χ0n) is 17.2. The average molecular weight is 380 g/mol. The van der Waals surface area contributed by atoms with Gasteiger partial charge >= 0.3 is 0 Å². The van der Waals surface area contributed by atoms with Crippen molar-refractivity contribution in [2.75, 3.05) is 14.2 Å². The molecule has 0 heterocycles. The number of nitrogens with one attached hydrogen (secondary N) is 1. The fraction of sp³-hybridized carbons (Fsp3) is 0.391. The number of hydrogen-bond acceptors (Lipinski definition) is 4. The van der Waals surface area contributed by atoms with Crippen LogP contribution in [0.5, 0.6) is 11.5 Å². The first-order chi connectivity index (χ1) is 13.3. The van der Waals surface area contributed by atoms with Crippen molar-refractivity contribution in [3.05, 3.63) is 59.2 Å². The quantitative estimate of drug-likeness (QED) is 0.602. The van der Waals surface area contributed by atoms with Crippen molar-refractivity contribution in [2.45, 2.75) is 38.5 Å². The molecule has 3 rings (SSSR count). The molecule has 5 heteroatoms. The Bertz CT molecular complexity index is 866. The van der Waals surface area contributed by atoms with Crippen LogP contribution >= 0.6 is 0 Å². The lowest BCUT2D eigenvalue weighted by Crippen LogP contribution is -2.20. The number of nitrogens with zero attached hydrogens (tertiary/aromatic N) is 1. The Morgan fingerprint density at radius 3 is 2.43 bits per heavy atom. The minimum absolute atomic E-state index is 0.0233. The summed E-state index contributed by atoms with van der Waals surface area (Å²) in [6, 6.07) is 14.0. The Kier molecular flexibility index (Phi) is 5.73. The summed E-state index contributed by atoms with van der Waals surface area (Å²) in [5.74, 6) is 1.57. The Labute approximate surface area is 166 Å². The van der Waals surface area contributed by atoms with E-state index in [-0.39, 0.29) is 23.2 Å². The predicted molar refractivity (Wildman–Crippen MR) is 111 cm³/mol. The fourth-order valence-electron chi connectivity index (χ4n) is 3.27. The molecule has 2 aromatic rings. The van der Waals surface area contributed by atoms with E-state index in [1.54, 1.807) is 26.5 Å². The highest BCUT2D eigenvalue weighted by atomic mass is 16.5. The van der Waals surface area contributed by atoms with Crippen LogP contribution in [0.3, 0.4) is 0 Å². The number of amides is 1. The van der Waals surface area contributed by atoms with Crippen LogP contribution in [0.4, 0.5) is 0 Å². The molecule has 1 amide bonds. The SMILES string of the molecule is COc1ccc(OC)c(/C=N\NC(=O)[C@@H]2C[C@H]2c2ccc(C(C)(C)C)cc2)c1. The van der Waals surface area contributed by atoms with Crippen LogP contribution in [-0.2, 0) is 10.2 Å². The number of hydrogen-bond donors (Lipinski definition) is 1. The number of hydrazone groups is 1. The van der Waals surface area contributed by atoms with Crippen LogP contribution in [0.2, 0.25) is 0 Å². The third-order valence-electron chi connectivity index (χ3n) is 5.15. The number of carbonyl (C=O) groups excluding carboxylic acids is 1. The van der Waals surface area contributed by atoms with Gasteiger partial charge in [-0.05, 0) is 47.1 Å². The normalized spacial score (nSPS) is 18.8. The first kappa shape index (κ1) is 19.9. The summed E-state index contributed by atoms with van der Waals surface area (Å²) in [6.45, 7) is 6.60. The average Bonchev–Trinajstić information content (AvgIpc) is 3.48. The molecule has 2 atom stereocenters. The van der Waals surface area contributed by atoms with Crippen LogP contribution in [0, 0.1) is 5.92 Å². The zero-order valence-corrected chi connectivity index (χ0v) is 17.2. The molecule has 0 unspecified atom stereocenters. The maximum Gasteiger partial charge on any atom is 0.243 e. The largest absolute Gasteiger partial charge is 0.497 e. The Morgan fingerprint density at radius 2 is 1.82 bits per heavy atom. The number of ether oxygens (including phenoxy) is 2. The summed E-state index contributed by atoms with van der Waals surface area (Å²) in [5, 5.41) is 4.10. The van der Waals surface area contributed by atoms with E-state index in [2.05, 4.69) is 55.6 Å². The van der Waals surface area contributed by atoms with E-state index in [9.17, 15) is 4.79 Å². The summed E-state index contributed by atoms with van der Waals surface area (Å²) < 4.78 is 10.5. The van der Waals surface area contributed by atoms with Crippen LogP contribution in [0.25, 0.3) is 0 Å². The van der Waals surface area contributed by atoms with Gasteiger partial charge in [0.25, 0.3) is 0 Å². The van der Waals surface area contributed by atoms with Gasteiger partial charge in [0.15, 0.2) is 0 Å². The van der Waals surface area contributed by atoms with Crippen LogP contribution < -0.4 is 14.9 Å². The molecule has 1 N–H and O–H groups in total. The van der Waals surface area contributed by atoms with Crippen LogP contribution in [0.1, 0.15) is 49.8 Å². The van der Waals surface area contributed by atoms with Crippen LogP contribution in [-0.4, -0.2) is 26.3 Å². The lowest BCUT2D eigenvalue weighted by molar-refractivity contribution is -0.122. The van der Waals surface area contributed by atoms with Gasteiger partial charge < -0.3 is 9.47 Å². The molecule has 0 spiro atoms. The molecule has 0 aromatic heterocycles. The predicted octanol–water partition coefficient (Wildman–Crippen LogP) is 4.26. The van der Waals surface area contributed by atoms with E-state index in [1.807, 2.05) is 12.1 Å². The fourth-order valence-corrected chi connectivity index (χ4v) is 3.27. The van der Waals surface area contributed by atoms with Gasteiger partial charge in [0, 0.05) is 11.5 Å². The van der Waals surface area contributed by atoms with E-state index >= 15 is 0 Å². The zero-order chi connectivity index (χ0) is 20.3. The molecule has 2 aromatic carbocycles. The highest BCUT2D eigenvalue weighted by Crippen LogP contribution is 2.47. The summed E-state index contributed by atoms with van der Waals surface area (Å²) in [5.41, 5.74) is 6.04. The second-order valence-electron chi connectivity index (χ2n) is 8.16. The molecule has 5 nitrogen and oxygen atoms in total. The van der Waals surface area contributed by atoms with Crippen molar-refractivity contribution in [3.63, 3.8) is 0 Å². The maximum absolute atomic E-state index is 12.4. The third-order valence-corrected chi connectivity index (χ3v) is 5.15. The van der Waals surface area contributed by atoms with Gasteiger partial charge in [0.2, 0.25) is 5.91 Å². The van der Waals surface area contributed by atoms with Crippen molar-refractivity contribution in [2.24, 2.45) is 11.0 Å². The highest BCUT2D eigenvalue weighted by molar-refractivity contribution is 5.87. The second kappa shape index (κ2) is 8.05. The van der Waals surface area contributed by atoms with E-state index in [0.29, 0.717) is 11.5 Å². The van der Waals surface area contributed by atoms with Gasteiger partial charge in [0.1, 0.15) is 11.5 Å². The molecule has 1 saturated carbocycles.